The average Bonchev–Trinajstić information content (AvgIpc) is 2.51. The average molecular weight is 313 g/mol. The van der Waals surface area contributed by atoms with Crippen LogP contribution in [0.15, 0.2) is 42.5 Å². The quantitative estimate of drug-likeness (QED) is 0.372. The number of hydrogen-bond acceptors (Lipinski definition) is 4. The number of phenolic OH excluding ortho intramolecular Hbond substituents is 1. The lowest BCUT2D eigenvalue weighted by Crippen LogP contribution is -1.96. The van der Waals surface area contributed by atoms with Gasteiger partial charge in [-0.15, -0.1) is 11.3 Å². The van der Waals surface area contributed by atoms with Crippen molar-refractivity contribution in [1.29, 1.82) is 5.41 Å². The molecule has 0 bridgehead atoms. The lowest BCUT2D eigenvalue weighted by molar-refractivity contribution is 0.482. The molecule has 3 aromatic carbocycles. The Labute approximate surface area is 128 Å². The zero-order chi connectivity index (χ0) is 14.6. The van der Waals surface area contributed by atoms with Gasteiger partial charge in [0.15, 0.2) is 0 Å². The summed E-state index contributed by atoms with van der Waals surface area (Å²) >= 11 is 7.82. The molecule has 0 atom stereocenters. The van der Waals surface area contributed by atoms with Crippen LogP contribution in [-0.4, -0.2) is 10.1 Å². The fourth-order valence-corrected chi connectivity index (χ4v) is 3.80. The molecule has 1 heterocycles. The van der Waals surface area contributed by atoms with E-state index in [1.165, 1.54) is 11.3 Å². The van der Waals surface area contributed by atoms with Gasteiger partial charge in [-0.2, -0.15) is 0 Å². The zero-order valence-corrected chi connectivity index (χ0v) is 12.3. The molecule has 4 rings (SSSR count). The first-order valence-electron chi connectivity index (χ1n) is 6.33. The van der Waals surface area contributed by atoms with Gasteiger partial charge in [-0.25, -0.2) is 4.98 Å². The highest BCUT2D eigenvalue weighted by Crippen LogP contribution is 2.42. The first-order chi connectivity index (χ1) is 10.1. The highest BCUT2D eigenvalue weighted by atomic mass is 35.5. The predicted molar refractivity (Wildman–Crippen MR) is 87.2 cm³/mol. The number of hydrogen-bond donors (Lipinski definition) is 2. The van der Waals surface area contributed by atoms with Crippen LogP contribution in [0.2, 0.25) is 5.02 Å². The molecule has 0 aliphatic carbocycles. The van der Waals surface area contributed by atoms with Gasteiger partial charge in [0.2, 0.25) is 0 Å². The molecule has 0 saturated carbocycles. The van der Waals surface area contributed by atoms with Crippen molar-refractivity contribution in [3.05, 3.63) is 52.8 Å². The maximum atomic E-state index is 10.3. The van der Waals surface area contributed by atoms with Crippen LogP contribution in [0, 0.1) is 5.41 Å². The SMILES string of the molecule is N=c1ccc2c(O)c(Cl)c3sc4ccccc4nc3c2c1. The van der Waals surface area contributed by atoms with Crippen LogP contribution in [-0.2, 0) is 0 Å². The van der Waals surface area contributed by atoms with Crippen molar-refractivity contribution in [3.8, 4) is 5.75 Å². The molecular weight excluding hydrogens is 304 g/mol. The summed E-state index contributed by atoms with van der Waals surface area (Å²) in [4.78, 5) is 4.68. The number of halogens is 1. The fourth-order valence-electron chi connectivity index (χ4n) is 2.47. The summed E-state index contributed by atoms with van der Waals surface area (Å²) in [5.74, 6) is 0.0486. The first-order valence-corrected chi connectivity index (χ1v) is 7.53. The summed E-state index contributed by atoms with van der Waals surface area (Å²) in [6, 6.07) is 12.9. The number of benzene rings is 3. The van der Waals surface area contributed by atoms with E-state index in [0.29, 0.717) is 15.8 Å². The maximum Gasteiger partial charge on any atom is 0.143 e. The zero-order valence-electron chi connectivity index (χ0n) is 10.7. The summed E-state index contributed by atoms with van der Waals surface area (Å²) in [6.45, 7) is 0. The number of aromatic nitrogens is 1. The van der Waals surface area contributed by atoms with Crippen molar-refractivity contribution >= 4 is 54.1 Å². The summed E-state index contributed by atoms with van der Waals surface area (Å²) in [6.07, 6.45) is 0. The summed E-state index contributed by atoms with van der Waals surface area (Å²) in [7, 11) is 0. The van der Waals surface area contributed by atoms with E-state index in [9.17, 15) is 5.11 Å². The van der Waals surface area contributed by atoms with Gasteiger partial charge in [0.1, 0.15) is 10.8 Å². The van der Waals surface area contributed by atoms with Crippen molar-refractivity contribution in [2.75, 3.05) is 0 Å². The third kappa shape index (κ3) is 1.80. The lowest BCUT2D eigenvalue weighted by Gasteiger charge is -2.09. The van der Waals surface area contributed by atoms with Crippen LogP contribution < -0.4 is 5.36 Å². The van der Waals surface area contributed by atoms with Gasteiger partial charge in [0, 0.05) is 10.8 Å². The van der Waals surface area contributed by atoms with Crippen LogP contribution in [0.3, 0.4) is 0 Å². The highest BCUT2D eigenvalue weighted by Gasteiger charge is 2.14. The van der Waals surface area contributed by atoms with Crippen molar-refractivity contribution in [1.82, 2.24) is 4.98 Å². The number of nitrogens with zero attached hydrogens (tertiary/aromatic N) is 1. The molecule has 5 heteroatoms. The molecule has 4 aromatic rings. The Morgan fingerprint density at radius 2 is 1.90 bits per heavy atom. The van der Waals surface area contributed by atoms with Gasteiger partial charge in [-0.05, 0) is 30.3 Å². The minimum Gasteiger partial charge on any atom is -0.506 e. The molecule has 1 aromatic heterocycles. The number of rotatable bonds is 0. The Kier molecular flexibility index (Phi) is 2.64. The molecule has 0 spiro atoms. The Hall–Kier alpha value is -2.17. The van der Waals surface area contributed by atoms with E-state index in [2.05, 4.69) is 4.98 Å². The fraction of sp³-hybridized carbons (Fsp3) is 0. The minimum atomic E-state index is 0.0486. The molecule has 0 unspecified atom stereocenters. The molecule has 0 aliphatic heterocycles. The lowest BCUT2D eigenvalue weighted by atomic mass is 10.1. The predicted octanol–water partition coefficient (Wildman–Crippen LogP) is 4.44. The molecule has 21 heavy (non-hydrogen) atoms. The van der Waals surface area contributed by atoms with Gasteiger partial charge in [-0.3, -0.25) is 0 Å². The number of aromatic hydroxyl groups is 1. The van der Waals surface area contributed by atoms with Gasteiger partial charge in [0.25, 0.3) is 0 Å². The Bertz CT molecular complexity index is 1090. The van der Waals surface area contributed by atoms with Gasteiger partial charge in [-0.1, -0.05) is 23.7 Å². The molecule has 3 nitrogen and oxygen atoms in total. The second-order valence-corrected chi connectivity index (χ2v) is 6.21. The molecule has 0 fully saturated rings. The van der Waals surface area contributed by atoms with Gasteiger partial charge >= 0.3 is 0 Å². The van der Waals surface area contributed by atoms with E-state index < -0.39 is 0 Å². The third-order valence-corrected chi connectivity index (χ3v) is 5.11. The summed E-state index contributed by atoms with van der Waals surface area (Å²) in [5, 5.41) is 20.2. The third-order valence-electron chi connectivity index (χ3n) is 3.46. The monoisotopic (exact) mass is 312 g/mol. The Balaban J connectivity index is 2.35. The summed E-state index contributed by atoms with van der Waals surface area (Å²) < 4.78 is 1.75. The number of fused-ring (bicyclic) bond motifs is 4. The topological polar surface area (TPSA) is 57.0 Å². The molecule has 0 saturated heterocycles. The maximum absolute atomic E-state index is 10.3. The van der Waals surface area contributed by atoms with Crippen LogP contribution in [0.1, 0.15) is 0 Å². The van der Waals surface area contributed by atoms with E-state index in [-0.39, 0.29) is 5.75 Å². The van der Waals surface area contributed by atoms with E-state index in [0.717, 1.165) is 25.8 Å². The minimum absolute atomic E-state index is 0.0486. The van der Waals surface area contributed by atoms with E-state index in [1.807, 2.05) is 24.3 Å². The van der Waals surface area contributed by atoms with E-state index in [1.54, 1.807) is 18.2 Å². The molecule has 0 aliphatic rings. The molecule has 102 valence electrons. The number of para-hydroxylation sites is 1. The van der Waals surface area contributed by atoms with E-state index >= 15 is 0 Å². The van der Waals surface area contributed by atoms with Crippen LogP contribution in [0.4, 0.5) is 0 Å². The molecular formula is C16H9ClN2OS. The molecule has 0 radical (unpaired) electrons. The van der Waals surface area contributed by atoms with Crippen molar-refractivity contribution < 1.29 is 5.11 Å². The van der Waals surface area contributed by atoms with E-state index in [4.69, 9.17) is 17.0 Å². The van der Waals surface area contributed by atoms with Crippen LogP contribution in [0.5, 0.6) is 5.75 Å². The number of nitrogens with one attached hydrogen (secondary N) is 1. The second-order valence-electron chi connectivity index (χ2n) is 4.78. The smallest absolute Gasteiger partial charge is 0.143 e. The van der Waals surface area contributed by atoms with Crippen molar-refractivity contribution in [2.45, 2.75) is 0 Å². The normalized spacial score (nSPS) is 11.5. The number of phenols is 1. The Morgan fingerprint density at radius 3 is 2.76 bits per heavy atom. The highest BCUT2D eigenvalue weighted by molar-refractivity contribution is 7.25. The largest absolute Gasteiger partial charge is 0.506 e. The van der Waals surface area contributed by atoms with Crippen LogP contribution in [0.25, 0.3) is 31.2 Å². The summed E-state index contributed by atoms with van der Waals surface area (Å²) in [5.41, 5.74) is 1.61. The second kappa shape index (κ2) is 4.41. The molecule has 0 amide bonds. The standard InChI is InChI=1S/C16H9ClN2OS/c17-13-15(20)9-6-5-8(18)7-10(9)14-16(13)21-12-4-2-1-3-11(12)19-14/h1-7,18,20H. The van der Waals surface area contributed by atoms with Gasteiger partial charge in [0.05, 0.1) is 25.8 Å². The Morgan fingerprint density at radius 1 is 1.10 bits per heavy atom. The van der Waals surface area contributed by atoms with Crippen molar-refractivity contribution in [2.24, 2.45) is 0 Å². The van der Waals surface area contributed by atoms with Gasteiger partial charge < -0.3 is 10.5 Å². The van der Waals surface area contributed by atoms with Crippen molar-refractivity contribution in [3.63, 3.8) is 0 Å². The van der Waals surface area contributed by atoms with Crippen LogP contribution >= 0.6 is 22.9 Å². The first kappa shape index (κ1) is 12.6. The molecule has 2 N–H and O–H groups in total.